The molecule has 0 saturated carbocycles. The van der Waals surface area contributed by atoms with Gasteiger partial charge in [0.2, 0.25) is 0 Å². The SMILES string of the molecule is COC(F)(F)C(F)CCC(F)(F)F. The number of halogens is 6. The van der Waals surface area contributed by atoms with Crippen LogP contribution in [-0.4, -0.2) is 25.6 Å². The third-order valence-electron chi connectivity index (χ3n) is 1.32. The summed E-state index contributed by atoms with van der Waals surface area (Å²) in [6, 6.07) is 0. The Morgan fingerprint density at radius 3 is 1.92 bits per heavy atom. The van der Waals surface area contributed by atoms with Crippen LogP contribution in [0.2, 0.25) is 0 Å². The van der Waals surface area contributed by atoms with Gasteiger partial charge in [0.05, 0.1) is 0 Å². The van der Waals surface area contributed by atoms with Crippen LogP contribution in [0.5, 0.6) is 0 Å². The highest BCUT2D eigenvalue weighted by Gasteiger charge is 2.42. The molecule has 0 saturated heterocycles. The average molecular weight is 210 g/mol. The topological polar surface area (TPSA) is 9.23 Å². The first-order chi connectivity index (χ1) is 5.69. The Morgan fingerprint density at radius 1 is 1.15 bits per heavy atom. The van der Waals surface area contributed by atoms with E-state index in [2.05, 4.69) is 4.74 Å². The number of ether oxygens (including phenoxy) is 1. The van der Waals surface area contributed by atoms with Crippen LogP contribution >= 0.6 is 0 Å². The van der Waals surface area contributed by atoms with Crippen LogP contribution < -0.4 is 0 Å². The molecule has 0 fully saturated rings. The molecule has 1 unspecified atom stereocenters. The van der Waals surface area contributed by atoms with Gasteiger partial charge < -0.3 is 4.74 Å². The Kier molecular flexibility index (Phi) is 4.02. The van der Waals surface area contributed by atoms with E-state index in [-0.39, 0.29) is 0 Å². The predicted octanol–water partition coefficient (Wildman–Crippen LogP) is 2.91. The van der Waals surface area contributed by atoms with Gasteiger partial charge >= 0.3 is 12.3 Å². The number of methoxy groups -OCH3 is 1. The molecule has 7 heteroatoms. The number of hydrogen-bond donors (Lipinski definition) is 0. The van der Waals surface area contributed by atoms with E-state index >= 15 is 0 Å². The third-order valence-corrected chi connectivity index (χ3v) is 1.32. The van der Waals surface area contributed by atoms with Crippen LogP contribution in [0.1, 0.15) is 12.8 Å². The second-order valence-electron chi connectivity index (χ2n) is 2.39. The number of alkyl halides is 6. The van der Waals surface area contributed by atoms with Crippen molar-refractivity contribution < 1.29 is 31.1 Å². The minimum Gasteiger partial charge on any atom is -0.322 e. The van der Waals surface area contributed by atoms with Crippen molar-refractivity contribution in [3.63, 3.8) is 0 Å². The molecule has 0 aliphatic carbocycles. The summed E-state index contributed by atoms with van der Waals surface area (Å²) in [5.74, 6) is 0. The predicted molar refractivity (Wildman–Crippen MR) is 32.1 cm³/mol. The van der Waals surface area contributed by atoms with Crippen LogP contribution in [0.4, 0.5) is 26.3 Å². The van der Waals surface area contributed by atoms with Crippen LogP contribution in [0, 0.1) is 0 Å². The van der Waals surface area contributed by atoms with E-state index in [1.807, 2.05) is 0 Å². The maximum absolute atomic E-state index is 12.3. The lowest BCUT2D eigenvalue weighted by Crippen LogP contribution is -2.32. The zero-order valence-electron chi connectivity index (χ0n) is 6.67. The second-order valence-corrected chi connectivity index (χ2v) is 2.39. The number of hydrogen-bond acceptors (Lipinski definition) is 1. The molecule has 0 aromatic heterocycles. The Bertz CT molecular complexity index is 154. The van der Waals surface area contributed by atoms with Crippen LogP contribution in [-0.2, 0) is 4.74 Å². The summed E-state index contributed by atoms with van der Waals surface area (Å²) in [5.41, 5.74) is 0. The summed E-state index contributed by atoms with van der Waals surface area (Å²) in [4.78, 5) is 0. The smallest absolute Gasteiger partial charge is 0.322 e. The molecule has 0 N–H and O–H groups in total. The lowest BCUT2D eigenvalue weighted by Gasteiger charge is -2.18. The molecule has 0 amide bonds. The maximum Gasteiger partial charge on any atom is 0.389 e. The second kappa shape index (κ2) is 4.17. The van der Waals surface area contributed by atoms with Gasteiger partial charge in [-0.25, -0.2) is 4.39 Å². The molecule has 1 atom stereocenters. The fourth-order valence-electron chi connectivity index (χ4n) is 0.586. The van der Waals surface area contributed by atoms with E-state index in [4.69, 9.17) is 0 Å². The highest BCUT2D eigenvalue weighted by Crippen LogP contribution is 2.30. The molecule has 1 nitrogen and oxygen atoms in total. The molecule has 80 valence electrons. The van der Waals surface area contributed by atoms with Crippen molar-refractivity contribution in [2.75, 3.05) is 7.11 Å². The van der Waals surface area contributed by atoms with E-state index in [1.165, 1.54) is 0 Å². The average Bonchev–Trinajstić information content (AvgIpc) is 1.98. The summed E-state index contributed by atoms with van der Waals surface area (Å²) in [5, 5.41) is 0. The molecule has 0 aliphatic rings. The summed E-state index contributed by atoms with van der Waals surface area (Å²) in [6.07, 6.45) is -14.6. The molecule has 13 heavy (non-hydrogen) atoms. The Morgan fingerprint density at radius 2 is 1.62 bits per heavy atom. The van der Waals surface area contributed by atoms with Crippen molar-refractivity contribution in [1.29, 1.82) is 0 Å². The molecule has 0 spiro atoms. The maximum atomic E-state index is 12.3. The molecule has 0 aliphatic heterocycles. The van der Waals surface area contributed by atoms with Gasteiger partial charge in [-0.15, -0.1) is 0 Å². The lowest BCUT2D eigenvalue weighted by atomic mass is 10.2. The standard InChI is InChI=1S/C6H8F6O/c1-13-6(11,12)4(7)2-3-5(8,9)10/h4H,2-3H2,1H3. The molecular weight excluding hydrogens is 202 g/mol. The van der Waals surface area contributed by atoms with E-state index in [0.717, 1.165) is 0 Å². The Hall–Kier alpha value is -0.460. The summed E-state index contributed by atoms with van der Waals surface area (Å²) >= 11 is 0. The van der Waals surface area contributed by atoms with Crippen molar-refractivity contribution in [2.24, 2.45) is 0 Å². The third kappa shape index (κ3) is 4.97. The summed E-state index contributed by atoms with van der Waals surface area (Å²) in [7, 11) is 0.528. The van der Waals surface area contributed by atoms with E-state index in [1.54, 1.807) is 0 Å². The van der Waals surface area contributed by atoms with Gasteiger partial charge in [0.25, 0.3) is 0 Å². The van der Waals surface area contributed by atoms with Gasteiger partial charge in [0, 0.05) is 13.5 Å². The zero-order chi connectivity index (χ0) is 10.7. The fourth-order valence-corrected chi connectivity index (χ4v) is 0.586. The lowest BCUT2D eigenvalue weighted by molar-refractivity contribution is -0.263. The van der Waals surface area contributed by atoms with Crippen molar-refractivity contribution in [3.05, 3.63) is 0 Å². The van der Waals surface area contributed by atoms with E-state index in [0.29, 0.717) is 7.11 Å². The minimum absolute atomic E-state index is 0.528. The van der Waals surface area contributed by atoms with Gasteiger partial charge in [-0.1, -0.05) is 0 Å². The van der Waals surface area contributed by atoms with E-state index in [9.17, 15) is 26.3 Å². The van der Waals surface area contributed by atoms with Gasteiger partial charge in [0.15, 0.2) is 6.17 Å². The molecule has 0 aromatic carbocycles. The highest BCUT2D eigenvalue weighted by atomic mass is 19.4. The first kappa shape index (κ1) is 12.5. The van der Waals surface area contributed by atoms with Crippen molar-refractivity contribution in [2.45, 2.75) is 31.3 Å². The quantitative estimate of drug-likeness (QED) is 0.648. The van der Waals surface area contributed by atoms with Crippen molar-refractivity contribution >= 4 is 0 Å². The monoisotopic (exact) mass is 210 g/mol. The first-order valence-electron chi connectivity index (χ1n) is 3.33. The molecule has 0 rings (SSSR count). The first-order valence-corrected chi connectivity index (χ1v) is 3.33. The van der Waals surface area contributed by atoms with Gasteiger partial charge in [-0.2, -0.15) is 22.0 Å². The highest BCUT2D eigenvalue weighted by molar-refractivity contribution is 4.68. The number of rotatable bonds is 4. The fraction of sp³-hybridized carbons (Fsp3) is 1.00. The van der Waals surface area contributed by atoms with Crippen LogP contribution in [0.15, 0.2) is 0 Å². The van der Waals surface area contributed by atoms with Crippen molar-refractivity contribution in [1.82, 2.24) is 0 Å². The molecular formula is C6H8F6O. The Balaban J connectivity index is 3.95. The molecule has 0 heterocycles. The van der Waals surface area contributed by atoms with Crippen molar-refractivity contribution in [3.8, 4) is 0 Å². The van der Waals surface area contributed by atoms with Gasteiger partial charge in [0.1, 0.15) is 0 Å². The largest absolute Gasteiger partial charge is 0.389 e. The van der Waals surface area contributed by atoms with Gasteiger partial charge in [-0.3, -0.25) is 0 Å². The minimum atomic E-state index is -4.63. The van der Waals surface area contributed by atoms with Gasteiger partial charge in [-0.05, 0) is 6.42 Å². The Labute approximate surface area is 70.7 Å². The summed E-state index contributed by atoms with van der Waals surface area (Å²) in [6.45, 7) is 0. The molecule has 0 aromatic rings. The molecule has 0 bridgehead atoms. The van der Waals surface area contributed by atoms with Crippen LogP contribution in [0.3, 0.4) is 0 Å². The normalized spacial score (nSPS) is 15.9. The molecule has 0 radical (unpaired) electrons. The van der Waals surface area contributed by atoms with Crippen LogP contribution in [0.25, 0.3) is 0 Å². The zero-order valence-corrected chi connectivity index (χ0v) is 6.67. The van der Waals surface area contributed by atoms with E-state index < -0.39 is 31.3 Å². The summed E-state index contributed by atoms with van der Waals surface area (Å²) < 4.78 is 74.4.